The number of carbonyl (C=O) groups is 1. The van der Waals surface area contributed by atoms with E-state index in [-0.39, 0.29) is 17.4 Å². The van der Waals surface area contributed by atoms with Crippen LogP contribution in [0.5, 0.6) is 0 Å². The Morgan fingerprint density at radius 1 is 1.18 bits per heavy atom. The van der Waals surface area contributed by atoms with Gasteiger partial charge in [0.15, 0.2) is 4.80 Å². The van der Waals surface area contributed by atoms with Crippen LogP contribution in [0.1, 0.15) is 38.1 Å². The van der Waals surface area contributed by atoms with Crippen molar-refractivity contribution >= 4 is 40.8 Å². The van der Waals surface area contributed by atoms with Crippen molar-refractivity contribution in [1.82, 2.24) is 9.13 Å². The normalized spacial score (nSPS) is 15.2. The molecule has 1 aliphatic heterocycles. The summed E-state index contributed by atoms with van der Waals surface area (Å²) in [5.41, 5.74) is 2.54. The van der Waals surface area contributed by atoms with Crippen molar-refractivity contribution in [3.63, 3.8) is 0 Å². The maximum Gasteiger partial charge on any atom is 0.338 e. The Bertz CT molecular complexity index is 1830. The van der Waals surface area contributed by atoms with Crippen LogP contribution in [0.25, 0.3) is 11.8 Å². The Balaban J connectivity index is 1.67. The summed E-state index contributed by atoms with van der Waals surface area (Å²) in [6.45, 7) is 5.31. The quantitative estimate of drug-likeness (QED) is 0.138. The molecule has 2 aromatic heterocycles. The highest BCUT2D eigenvalue weighted by Gasteiger charge is 2.33. The van der Waals surface area contributed by atoms with Gasteiger partial charge in [0, 0.05) is 28.9 Å². The number of thiazole rings is 1. The Morgan fingerprint density at radius 3 is 2.60 bits per heavy atom. The predicted octanol–water partition coefficient (Wildman–Crippen LogP) is 4.61. The van der Waals surface area contributed by atoms with Crippen molar-refractivity contribution in [2.24, 2.45) is 4.99 Å². The molecule has 4 aromatic rings. The second-order valence-electron chi connectivity index (χ2n) is 9.39. The number of ether oxygens (including phenoxy) is 1. The average Bonchev–Trinajstić information content (AvgIpc) is 3.51. The van der Waals surface area contributed by atoms with Crippen LogP contribution in [0, 0.1) is 10.1 Å². The molecule has 2 aromatic carbocycles. The highest BCUT2D eigenvalue weighted by atomic mass is 32.2. The van der Waals surface area contributed by atoms with E-state index >= 15 is 0 Å². The van der Waals surface area contributed by atoms with Gasteiger partial charge in [0.2, 0.25) is 0 Å². The predicted molar refractivity (Wildman–Crippen MR) is 156 cm³/mol. The molecule has 0 amide bonds. The van der Waals surface area contributed by atoms with Gasteiger partial charge in [-0.05, 0) is 69.0 Å². The van der Waals surface area contributed by atoms with E-state index in [1.807, 2.05) is 42.7 Å². The van der Waals surface area contributed by atoms with E-state index in [1.54, 1.807) is 66.1 Å². The molecular weight excluding hydrogens is 548 g/mol. The molecule has 11 heteroatoms. The zero-order chi connectivity index (χ0) is 28.6. The Kier molecular flexibility index (Phi) is 7.59. The standard InChI is InChI=1S/C29H26N4O5S2/c1-17(2)38-28(35)25-18(3)30-29-32(26(25)19-10-12-23(39-4)13-11-19)27(34)24(40-29)16-21-9-6-14-31(21)20-7-5-8-22(15-20)33(36)37/h5-17,26H,1-4H3/b24-16-/t26-/m0/s1. The van der Waals surface area contributed by atoms with Crippen LogP contribution < -0.4 is 14.9 Å². The van der Waals surface area contributed by atoms with Crippen molar-refractivity contribution in [3.8, 4) is 5.69 Å². The number of aromatic nitrogens is 2. The minimum absolute atomic E-state index is 0.0275. The summed E-state index contributed by atoms with van der Waals surface area (Å²) in [6.07, 6.45) is 5.17. The minimum atomic E-state index is -0.705. The third-order valence-electron chi connectivity index (χ3n) is 6.39. The number of carbonyl (C=O) groups excluding carboxylic acids is 1. The first kappa shape index (κ1) is 27.4. The van der Waals surface area contributed by atoms with E-state index in [2.05, 4.69) is 4.99 Å². The molecule has 3 heterocycles. The molecule has 0 saturated heterocycles. The van der Waals surface area contributed by atoms with Crippen LogP contribution in [-0.2, 0) is 9.53 Å². The highest BCUT2D eigenvalue weighted by Crippen LogP contribution is 2.32. The first-order valence-corrected chi connectivity index (χ1v) is 14.5. The van der Waals surface area contributed by atoms with E-state index < -0.39 is 16.9 Å². The topological polar surface area (TPSA) is 109 Å². The van der Waals surface area contributed by atoms with Gasteiger partial charge < -0.3 is 9.30 Å². The lowest BCUT2D eigenvalue weighted by Crippen LogP contribution is -2.40. The number of thioether (sulfide) groups is 1. The van der Waals surface area contributed by atoms with Crippen LogP contribution >= 0.6 is 23.1 Å². The number of fused-ring (bicyclic) bond motifs is 1. The van der Waals surface area contributed by atoms with Gasteiger partial charge in [0.05, 0.1) is 38.6 Å². The molecule has 0 N–H and O–H groups in total. The van der Waals surface area contributed by atoms with Crippen LogP contribution in [0.15, 0.2) is 92.8 Å². The monoisotopic (exact) mass is 574 g/mol. The minimum Gasteiger partial charge on any atom is -0.459 e. The molecule has 5 rings (SSSR count). The Hall–Kier alpha value is -4.22. The van der Waals surface area contributed by atoms with Gasteiger partial charge in [-0.3, -0.25) is 19.5 Å². The lowest BCUT2D eigenvalue weighted by molar-refractivity contribution is -0.384. The number of allylic oxidation sites excluding steroid dienone is 1. The number of non-ortho nitro benzene ring substituents is 1. The number of nitrogens with zero attached hydrogens (tertiary/aromatic N) is 4. The molecule has 9 nitrogen and oxygen atoms in total. The zero-order valence-electron chi connectivity index (χ0n) is 22.2. The summed E-state index contributed by atoms with van der Waals surface area (Å²) in [5.74, 6) is -0.510. The number of benzene rings is 2. The SMILES string of the molecule is CSc1ccc([C@H]2C(C(=O)OC(C)C)=C(C)N=c3s/c(=C\c4cccn4-c4cccc([N+](=O)[O-])c4)c(=O)n32)cc1. The van der Waals surface area contributed by atoms with E-state index in [9.17, 15) is 19.7 Å². The van der Waals surface area contributed by atoms with Crippen LogP contribution in [0.2, 0.25) is 0 Å². The first-order valence-electron chi connectivity index (χ1n) is 12.5. The van der Waals surface area contributed by atoms with Crippen LogP contribution in [0.4, 0.5) is 5.69 Å². The van der Waals surface area contributed by atoms with Gasteiger partial charge in [-0.1, -0.05) is 29.5 Å². The maximum absolute atomic E-state index is 13.9. The Morgan fingerprint density at radius 2 is 1.93 bits per heavy atom. The number of nitro benzene ring substituents is 1. The van der Waals surface area contributed by atoms with Crippen molar-refractivity contribution in [2.75, 3.05) is 6.26 Å². The fourth-order valence-corrected chi connectivity index (χ4v) is 6.04. The lowest BCUT2D eigenvalue weighted by Gasteiger charge is -2.25. The van der Waals surface area contributed by atoms with E-state index in [0.29, 0.717) is 32.0 Å². The second-order valence-corrected chi connectivity index (χ2v) is 11.3. The number of nitro groups is 1. The molecule has 0 bridgehead atoms. The largest absolute Gasteiger partial charge is 0.459 e. The van der Waals surface area contributed by atoms with Crippen molar-refractivity contribution in [1.29, 1.82) is 0 Å². The van der Waals surface area contributed by atoms with Gasteiger partial charge in [0.1, 0.15) is 0 Å². The summed E-state index contributed by atoms with van der Waals surface area (Å²) >= 11 is 2.83. The number of hydrogen-bond donors (Lipinski definition) is 0. The number of hydrogen-bond acceptors (Lipinski definition) is 8. The van der Waals surface area contributed by atoms with E-state index in [4.69, 9.17) is 4.74 Å². The molecule has 40 heavy (non-hydrogen) atoms. The van der Waals surface area contributed by atoms with E-state index in [0.717, 1.165) is 10.5 Å². The van der Waals surface area contributed by atoms with Gasteiger partial charge in [-0.2, -0.15) is 0 Å². The van der Waals surface area contributed by atoms with Gasteiger partial charge in [-0.25, -0.2) is 9.79 Å². The zero-order valence-corrected chi connectivity index (χ0v) is 23.9. The van der Waals surface area contributed by atoms with Crippen molar-refractivity contribution < 1.29 is 14.5 Å². The highest BCUT2D eigenvalue weighted by molar-refractivity contribution is 7.98. The molecule has 0 unspecified atom stereocenters. The second kappa shape index (κ2) is 11.1. The molecule has 1 aliphatic rings. The molecule has 204 valence electrons. The fraction of sp³-hybridized carbons (Fsp3) is 0.207. The van der Waals surface area contributed by atoms with Crippen molar-refractivity contribution in [3.05, 3.63) is 119 Å². The third-order valence-corrected chi connectivity index (χ3v) is 8.12. The third kappa shape index (κ3) is 5.17. The van der Waals surface area contributed by atoms with Crippen LogP contribution in [-0.4, -0.2) is 32.4 Å². The smallest absolute Gasteiger partial charge is 0.338 e. The van der Waals surface area contributed by atoms with Crippen molar-refractivity contribution in [2.45, 2.75) is 37.8 Å². The molecule has 1 atom stereocenters. The van der Waals surface area contributed by atoms with Gasteiger partial charge in [-0.15, -0.1) is 11.8 Å². The molecule has 0 saturated carbocycles. The summed E-state index contributed by atoms with van der Waals surface area (Å²) in [4.78, 5) is 44.2. The van der Waals surface area contributed by atoms with Crippen LogP contribution in [0.3, 0.4) is 0 Å². The summed E-state index contributed by atoms with van der Waals surface area (Å²) in [7, 11) is 0. The maximum atomic E-state index is 13.9. The van der Waals surface area contributed by atoms with Gasteiger partial charge >= 0.3 is 5.97 Å². The molecule has 0 spiro atoms. The molecular formula is C29H26N4O5S2. The molecule has 0 fully saturated rings. The summed E-state index contributed by atoms with van der Waals surface area (Å²) in [5, 5.41) is 11.3. The summed E-state index contributed by atoms with van der Waals surface area (Å²) in [6, 6.07) is 17.0. The van der Waals surface area contributed by atoms with Gasteiger partial charge in [0.25, 0.3) is 11.2 Å². The number of esters is 1. The average molecular weight is 575 g/mol. The summed E-state index contributed by atoms with van der Waals surface area (Å²) < 4.78 is 9.31. The fourth-order valence-electron chi connectivity index (χ4n) is 4.60. The Labute approximate surface area is 237 Å². The molecule has 0 aliphatic carbocycles. The molecule has 0 radical (unpaired) electrons. The number of rotatable bonds is 7. The lowest BCUT2D eigenvalue weighted by atomic mass is 9.96. The first-order chi connectivity index (χ1) is 19.2. The van der Waals surface area contributed by atoms with E-state index in [1.165, 1.54) is 23.5 Å².